The highest BCUT2D eigenvalue weighted by Crippen LogP contribution is 2.61. The van der Waals surface area contributed by atoms with Crippen molar-refractivity contribution in [3.05, 3.63) is 23.3 Å². The van der Waals surface area contributed by atoms with Crippen molar-refractivity contribution >= 4 is 11.9 Å². The molecule has 0 bridgehead atoms. The van der Waals surface area contributed by atoms with Gasteiger partial charge in [-0.1, -0.05) is 6.07 Å². The van der Waals surface area contributed by atoms with E-state index < -0.39 is 5.97 Å². The maximum atomic E-state index is 11.8. The maximum Gasteiger partial charge on any atom is 0.303 e. The van der Waals surface area contributed by atoms with E-state index in [1.807, 2.05) is 6.07 Å². The maximum absolute atomic E-state index is 11.8. The van der Waals surface area contributed by atoms with E-state index in [0.29, 0.717) is 12.2 Å². The van der Waals surface area contributed by atoms with Gasteiger partial charge in [0.1, 0.15) is 12.2 Å². The molecule has 1 aromatic rings. The van der Waals surface area contributed by atoms with Crippen LogP contribution in [-0.4, -0.2) is 58.4 Å². The number of fused-ring (bicyclic) bond motifs is 1. The Balaban J connectivity index is 1.71. The van der Waals surface area contributed by atoms with Gasteiger partial charge in [0.25, 0.3) is 0 Å². The number of ether oxygens (including phenoxy) is 2. The third kappa shape index (κ3) is 3.23. The fourth-order valence-corrected chi connectivity index (χ4v) is 6.29. The van der Waals surface area contributed by atoms with E-state index in [2.05, 4.69) is 18.7 Å². The van der Waals surface area contributed by atoms with Crippen molar-refractivity contribution in [1.82, 2.24) is 4.90 Å². The molecule has 0 amide bonds. The molecular formula is C23H31NO6. The number of esters is 1. The summed E-state index contributed by atoms with van der Waals surface area (Å²) < 4.78 is 12.1. The Labute approximate surface area is 177 Å². The van der Waals surface area contributed by atoms with E-state index in [0.717, 1.165) is 43.5 Å². The minimum absolute atomic E-state index is 0.135. The normalized spacial score (nSPS) is 32.5. The first-order valence-electron chi connectivity index (χ1n) is 10.9. The van der Waals surface area contributed by atoms with Gasteiger partial charge in [0.05, 0.1) is 0 Å². The minimum Gasteiger partial charge on any atom is -0.504 e. The number of hydrogen-bond acceptors (Lipinski definition) is 6. The SMILES string of the molecule is CC(=O)O[C@H]1CCC2C(C)N(CCCC(=O)O)CCC23c2c(C)ccc(O)c2O[C@@H]13. The fourth-order valence-electron chi connectivity index (χ4n) is 6.29. The number of hydrogen-bond donors (Lipinski definition) is 2. The first-order chi connectivity index (χ1) is 14.3. The Morgan fingerprint density at radius 2 is 2.10 bits per heavy atom. The molecule has 1 saturated heterocycles. The minimum atomic E-state index is -0.762. The lowest BCUT2D eigenvalue weighted by atomic mass is 9.55. The number of carbonyl (C=O) groups is 2. The lowest BCUT2D eigenvalue weighted by Crippen LogP contribution is -2.64. The molecule has 3 aliphatic rings. The van der Waals surface area contributed by atoms with Crippen LogP contribution in [0.15, 0.2) is 12.1 Å². The summed E-state index contributed by atoms with van der Waals surface area (Å²) in [5.41, 5.74) is 1.83. The van der Waals surface area contributed by atoms with Gasteiger partial charge in [0, 0.05) is 30.4 Å². The molecule has 0 radical (unpaired) electrons. The molecular weight excluding hydrogens is 386 g/mol. The lowest BCUT2D eigenvalue weighted by molar-refractivity contribution is -0.163. The van der Waals surface area contributed by atoms with Gasteiger partial charge in [-0.3, -0.25) is 9.59 Å². The zero-order valence-electron chi connectivity index (χ0n) is 17.9. The quantitative estimate of drug-likeness (QED) is 0.711. The van der Waals surface area contributed by atoms with Gasteiger partial charge in [-0.25, -0.2) is 0 Å². The van der Waals surface area contributed by atoms with Gasteiger partial charge in [0.2, 0.25) is 0 Å². The summed E-state index contributed by atoms with van der Waals surface area (Å²) in [6.07, 6.45) is 2.60. The molecule has 4 rings (SSSR count). The molecule has 30 heavy (non-hydrogen) atoms. The molecule has 2 heterocycles. The van der Waals surface area contributed by atoms with Gasteiger partial charge in [-0.15, -0.1) is 0 Å². The van der Waals surface area contributed by atoms with Gasteiger partial charge < -0.3 is 24.6 Å². The zero-order valence-corrected chi connectivity index (χ0v) is 17.9. The number of carbonyl (C=O) groups excluding carboxylic acids is 1. The Morgan fingerprint density at radius 3 is 2.80 bits per heavy atom. The van der Waals surface area contributed by atoms with E-state index in [1.54, 1.807) is 6.07 Å². The Bertz CT molecular complexity index is 854. The zero-order chi connectivity index (χ0) is 21.6. The standard InChI is InChI=1S/C23H31NO6/c1-13-6-8-17(26)21-20(13)23-10-12-24(11-4-5-19(27)28)14(2)16(23)7-9-18(22(23)30-21)29-15(3)25/h6,8,14,16,18,22,26H,4-5,7,9-12H2,1-3H3,(H,27,28)/t14?,16?,18-,22-,23?/m0/s1. The summed E-state index contributed by atoms with van der Waals surface area (Å²) in [4.78, 5) is 25.1. The van der Waals surface area contributed by atoms with Crippen molar-refractivity contribution in [2.75, 3.05) is 13.1 Å². The van der Waals surface area contributed by atoms with Crippen molar-refractivity contribution < 1.29 is 29.3 Å². The second kappa shape index (κ2) is 7.76. The number of rotatable bonds is 5. The topological polar surface area (TPSA) is 96.3 Å². The van der Waals surface area contributed by atoms with Crippen LogP contribution >= 0.6 is 0 Å². The molecule has 1 aliphatic carbocycles. The summed E-state index contributed by atoms with van der Waals surface area (Å²) in [5.74, 6) is -0.128. The van der Waals surface area contributed by atoms with Crippen LogP contribution in [0.2, 0.25) is 0 Å². The number of aryl methyl sites for hydroxylation is 1. The number of phenolic OH excluding ortho intramolecular Hbond substituents is 1. The molecule has 2 aliphatic heterocycles. The van der Waals surface area contributed by atoms with Crippen molar-refractivity contribution in [3.63, 3.8) is 0 Å². The van der Waals surface area contributed by atoms with Crippen molar-refractivity contribution in [2.45, 2.75) is 76.5 Å². The molecule has 5 atom stereocenters. The van der Waals surface area contributed by atoms with E-state index in [-0.39, 0.29) is 47.7 Å². The average Bonchev–Trinajstić information content (AvgIpc) is 3.03. The summed E-state index contributed by atoms with van der Waals surface area (Å²) in [5, 5.41) is 19.5. The molecule has 2 N–H and O–H groups in total. The third-order valence-corrected chi connectivity index (χ3v) is 7.45. The number of piperidine rings is 1. The van der Waals surface area contributed by atoms with Gasteiger partial charge in [0.15, 0.2) is 11.5 Å². The summed E-state index contributed by atoms with van der Waals surface area (Å²) in [7, 11) is 0. The number of carboxylic acid groups (broad SMARTS) is 1. The molecule has 1 aromatic carbocycles. The smallest absolute Gasteiger partial charge is 0.303 e. The summed E-state index contributed by atoms with van der Waals surface area (Å²) in [6, 6.07) is 3.85. The van der Waals surface area contributed by atoms with Crippen LogP contribution in [0.25, 0.3) is 0 Å². The molecule has 0 aromatic heterocycles. The predicted octanol–water partition coefficient (Wildman–Crippen LogP) is 3.00. The van der Waals surface area contributed by atoms with Crippen molar-refractivity contribution in [1.29, 1.82) is 0 Å². The lowest BCUT2D eigenvalue weighted by Gasteiger charge is -2.56. The van der Waals surface area contributed by atoms with E-state index in [9.17, 15) is 14.7 Å². The monoisotopic (exact) mass is 417 g/mol. The third-order valence-electron chi connectivity index (χ3n) is 7.45. The molecule has 7 heteroatoms. The van der Waals surface area contributed by atoms with Crippen LogP contribution in [0.3, 0.4) is 0 Å². The number of nitrogens with zero attached hydrogens (tertiary/aromatic N) is 1. The van der Waals surface area contributed by atoms with Crippen LogP contribution < -0.4 is 4.74 Å². The van der Waals surface area contributed by atoms with E-state index >= 15 is 0 Å². The summed E-state index contributed by atoms with van der Waals surface area (Å²) in [6.45, 7) is 7.27. The molecule has 2 fully saturated rings. The van der Waals surface area contributed by atoms with Gasteiger partial charge in [-0.05, 0) is 70.2 Å². The highest BCUT2D eigenvalue weighted by atomic mass is 16.6. The van der Waals surface area contributed by atoms with Crippen LogP contribution in [0.1, 0.15) is 57.1 Å². The van der Waals surface area contributed by atoms with Crippen LogP contribution in [-0.2, 0) is 19.7 Å². The number of phenols is 1. The number of benzene rings is 1. The fraction of sp³-hybridized carbons (Fsp3) is 0.652. The predicted molar refractivity (Wildman–Crippen MR) is 110 cm³/mol. The second-order valence-corrected chi connectivity index (χ2v) is 9.04. The number of carboxylic acids is 1. The van der Waals surface area contributed by atoms with Crippen LogP contribution in [0.4, 0.5) is 0 Å². The number of aliphatic carboxylic acids is 1. The molecule has 164 valence electrons. The first kappa shape index (κ1) is 21.0. The Hall–Kier alpha value is -2.28. The highest BCUT2D eigenvalue weighted by molar-refractivity contribution is 5.67. The van der Waals surface area contributed by atoms with Crippen LogP contribution in [0, 0.1) is 12.8 Å². The van der Waals surface area contributed by atoms with E-state index in [1.165, 1.54) is 6.92 Å². The van der Waals surface area contributed by atoms with Gasteiger partial charge in [-0.2, -0.15) is 0 Å². The van der Waals surface area contributed by atoms with Gasteiger partial charge >= 0.3 is 11.9 Å². The molecule has 3 unspecified atom stereocenters. The number of likely N-dealkylation sites (tertiary alicyclic amines) is 1. The summed E-state index contributed by atoms with van der Waals surface area (Å²) >= 11 is 0. The second-order valence-electron chi connectivity index (χ2n) is 9.04. The Kier molecular flexibility index (Phi) is 5.43. The number of aromatic hydroxyl groups is 1. The van der Waals surface area contributed by atoms with E-state index in [4.69, 9.17) is 14.6 Å². The molecule has 1 saturated carbocycles. The highest BCUT2D eigenvalue weighted by Gasteiger charge is 2.63. The average molecular weight is 418 g/mol. The van der Waals surface area contributed by atoms with Crippen LogP contribution in [0.5, 0.6) is 11.5 Å². The Morgan fingerprint density at radius 1 is 1.33 bits per heavy atom. The van der Waals surface area contributed by atoms with Crippen molar-refractivity contribution in [3.8, 4) is 11.5 Å². The molecule has 7 nitrogen and oxygen atoms in total. The first-order valence-corrected chi connectivity index (χ1v) is 10.9. The van der Waals surface area contributed by atoms with Crippen molar-refractivity contribution in [2.24, 2.45) is 5.92 Å². The molecule has 1 spiro atoms. The largest absolute Gasteiger partial charge is 0.504 e.